The molecule has 0 heterocycles. The number of carbonyl (C=O) groups is 2. The highest BCUT2D eigenvalue weighted by molar-refractivity contribution is 5.94. The molecule has 0 amide bonds. The van der Waals surface area contributed by atoms with Gasteiger partial charge in [0.2, 0.25) is 0 Å². The largest absolute Gasteiger partial charge is 0.393 e. The maximum atomic E-state index is 14.2. The molecule has 6 nitrogen and oxygen atoms in total. The van der Waals surface area contributed by atoms with Gasteiger partial charge in [0.1, 0.15) is 11.9 Å². The minimum absolute atomic E-state index is 0.0800. The lowest BCUT2D eigenvalue weighted by Crippen LogP contribution is -2.64. The van der Waals surface area contributed by atoms with Crippen molar-refractivity contribution in [2.75, 3.05) is 0 Å². The van der Waals surface area contributed by atoms with Crippen LogP contribution in [0.15, 0.2) is 23.8 Å². The van der Waals surface area contributed by atoms with Gasteiger partial charge in [-0.05, 0) is 83.0 Å². The highest BCUT2D eigenvalue weighted by Gasteiger charge is 2.73. The molecule has 6 heteroatoms. The van der Waals surface area contributed by atoms with E-state index in [-0.39, 0.29) is 42.7 Å². The molecule has 3 fully saturated rings. The van der Waals surface area contributed by atoms with E-state index in [2.05, 4.69) is 19.9 Å². The summed E-state index contributed by atoms with van der Waals surface area (Å²) in [6.45, 7) is 15.0. The minimum Gasteiger partial charge on any atom is -0.393 e. The van der Waals surface area contributed by atoms with E-state index >= 15 is 0 Å². The second kappa shape index (κ2) is 8.08. The molecule has 0 aromatic rings. The molecule has 4 N–H and O–H groups in total. The van der Waals surface area contributed by atoms with Crippen LogP contribution in [-0.2, 0) is 9.59 Å². The SMILES string of the molecule is CC(C)(O)/C=C/C[C@](C)(O)[C@H]1[C@H](O)C[C@@]2(C)[C@@H]3CC=C4[C@@H](C[C@H](O)C(=O)C4(C)C)[C@]3(C)C(=O)C[C@]12C. The van der Waals surface area contributed by atoms with Gasteiger partial charge < -0.3 is 20.4 Å². The normalized spacial score (nSPS) is 46.1. The average molecular weight is 503 g/mol. The van der Waals surface area contributed by atoms with Gasteiger partial charge in [0.15, 0.2) is 5.78 Å². The Kier molecular flexibility index (Phi) is 6.21. The summed E-state index contributed by atoms with van der Waals surface area (Å²) < 4.78 is 0. The van der Waals surface area contributed by atoms with Gasteiger partial charge in [0.05, 0.1) is 17.3 Å². The number of fused-ring (bicyclic) bond motifs is 5. The summed E-state index contributed by atoms with van der Waals surface area (Å²) in [6.07, 6.45) is 5.55. The maximum absolute atomic E-state index is 14.2. The second-order valence-electron chi connectivity index (χ2n) is 14.3. The number of Topliss-reactive ketones (excluding diaryl/α,β-unsaturated/α-hetero) is 2. The van der Waals surface area contributed by atoms with Crippen LogP contribution in [0, 0.1) is 39.4 Å². The molecule has 0 spiro atoms. The fraction of sp³-hybridized carbons (Fsp3) is 0.800. The first-order chi connectivity index (χ1) is 16.2. The smallest absolute Gasteiger partial charge is 0.170 e. The van der Waals surface area contributed by atoms with Crippen LogP contribution in [0.2, 0.25) is 0 Å². The molecule has 4 rings (SSSR count). The van der Waals surface area contributed by atoms with Crippen LogP contribution in [0.4, 0.5) is 0 Å². The Hall–Kier alpha value is -1.34. The summed E-state index contributed by atoms with van der Waals surface area (Å²) in [6, 6.07) is 0. The van der Waals surface area contributed by atoms with Crippen LogP contribution in [0.25, 0.3) is 0 Å². The molecule has 0 aromatic heterocycles. The van der Waals surface area contributed by atoms with Crippen LogP contribution in [0.5, 0.6) is 0 Å². The van der Waals surface area contributed by atoms with E-state index in [0.29, 0.717) is 12.8 Å². The maximum Gasteiger partial charge on any atom is 0.170 e. The van der Waals surface area contributed by atoms with Gasteiger partial charge in [-0.2, -0.15) is 0 Å². The predicted molar refractivity (Wildman–Crippen MR) is 138 cm³/mol. The van der Waals surface area contributed by atoms with Crippen molar-refractivity contribution < 1.29 is 30.0 Å². The Morgan fingerprint density at radius 2 is 1.64 bits per heavy atom. The molecule has 0 saturated heterocycles. The van der Waals surface area contributed by atoms with Crippen molar-refractivity contribution in [2.45, 2.75) is 111 Å². The van der Waals surface area contributed by atoms with E-state index in [9.17, 15) is 30.0 Å². The van der Waals surface area contributed by atoms with Gasteiger partial charge in [-0.15, -0.1) is 0 Å². The number of ketones is 2. The zero-order chi connectivity index (χ0) is 27.3. The van der Waals surface area contributed by atoms with Crippen molar-refractivity contribution in [3.8, 4) is 0 Å². The average Bonchev–Trinajstić information content (AvgIpc) is 2.91. The molecule has 4 aliphatic carbocycles. The third-order valence-electron chi connectivity index (χ3n) is 11.1. The number of hydrogen-bond acceptors (Lipinski definition) is 6. The quantitative estimate of drug-likeness (QED) is 0.435. The fourth-order valence-electron chi connectivity index (χ4n) is 9.22. The Bertz CT molecular complexity index is 1010. The molecule has 0 unspecified atom stereocenters. The molecule has 4 aliphatic rings. The molecule has 0 aromatic carbocycles. The molecule has 3 saturated carbocycles. The first-order valence-electron chi connectivity index (χ1n) is 13.5. The number of aliphatic hydroxyl groups excluding tert-OH is 2. The minimum atomic E-state index is -1.27. The first-order valence-corrected chi connectivity index (χ1v) is 13.5. The summed E-state index contributed by atoms with van der Waals surface area (Å²) in [5.74, 6) is -0.904. The van der Waals surface area contributed by atoms with E-state index in [1.807, 2.05) is 20.8 Å². The number of allylic oxidation sites excluding steroid dienone is 2. The fourth-order valence-corrected chi connectivity index (χ4v) is 9.22. The van der Waals surface area contributed by atoms with E-state index in [4.69, 9.17) is 0 Å². The van der Waals surface area contributed by atoms with Crippen molar-refractivity contribution in [3.05, 3.63) is 23.8 Å². The van der Waals surface area contributed by atoms with Crippen LogP contribution in [0.3, 0.4) is 0 Å². The Balaban J connectivity index is 1.77. The summed E-state index contributed by atoms with van der Waals surface area (Å²) >= 11 is 0. The summed E-state index contributed by atoms with van der Waals surface area (Å²) in [7, 11) is 0. The summed E-state index contributed by atoms with van der Waals surface area (Å²) in [5, 5.41) is 43.9. The van der Waals surface area contributed by atoms with Crippen molar-refractivity contribution >= 4 is 11.6 Å². The van der Waals surface area contributed by atoms with Gasteiger partial charge in [-0.3, -0.25) is 9.59 Å². The third kappa shape index (κ3) is 3.65. The number of aliphatic hydroxyl groups is 4. The standard InChI is InChI=1S/C30H46O6/c1-25(2,35)12-9-13-29(7,36)23-20(32)15-27(5)21-11-10-17-18(14-19(31)24(34)26(17,3)4)30(21,8)22(33)16-28(23,27)6/h9-10,12,18-21,23,31-32,35-36H,11,13-16H2,1-8H3/b12-9+/t18-,19+,20-,21+,23+,27+,28-,29+,30+/m1/s1. The lowest BCUT2D eigenvalue weighted by molar-refractivity contribution is -0.182. The summed E-state index contributed by atoms with van der Waals surface area (Å²) in [4.78, 5) is 27.0. The zero-order valence-corrected chi connectivity index (χ0v) is 23.3. The van der Waals surface area contributed by atoms with E-state index < -0.39 is 51.0 Å². The van der Waals surface area contributed by atoms with E-state index in [0.717, 1.165) is 5.57 Å². The molecule has 36 heavy (non-hydrogen) atoms. The van der Waals surface area contributed by atoms with Crippen molar-refractivity contribution in [1.29, 1.82) is 0 Å². The number of carbonyl (C=O) groups excluding carboxylic acids is 2. The number of rotatable bonds is 4. The Labute approximate surface area is 215 Å². The zero-order valence-electron chi connectivity index (χ0n) is 23.3. The van der Waals surface area contributed by atoms with Crippen molar-refractivity contribution in [2.24, 2.45) is 39.4 Å². The second-order valence-corrected chi connectivity index (χ2v) is 14.3. The highest BCUT2D eigenvalue weighted by atomic mass is 16.3. The lowest BCUT2D eigenvalue weighted by Gasteiger charge is -2.64. The lowest BCUT2D eigenvalue weighted by atomic mass is 9.38. The van der Waals surface area contributed by atoms with Crippen LogP contribution in [0.1, 0.15) is 87.5 Å². The Morgan fingerprint density at radius 3 is 2.22 bits per heavy atom. The topological polar surface area (TPSA) is 115 Å². The number of hydrogen-bond donors (Lipinski definition) is 4. The summed E-state index contributed by atoms with van der Waals surface area (Å²) in [5.41, 5.74) is -3.93. The van der Waals surface area contributed by atoms with E-state index in [1.54, 1.807) is 32.9 Å². The first kappa shape index (κ1) is 27.7. The monoisotopic (exact) mass is 502 g/mol. The molecule has 9 atom stereocenters. The highest BCUT2D eigenvalue weighted by Crippen LogP contribution is 2.74. The molecular weight excluding hydrogens is 456 g/mol. The predicted octanol–water partition coefficient (Wildman–Crippen LogP) is 3.75. The van der Waals surface area contributed by atoms with Gasteiger partial charge in [0.25, 0.3) is 0 Å². The van der Waals surface area contributed by atoms with E-state index in [1.165, 1.54) is 0 Å². The van der Waals surface area contributed by atoms with Gasteiger partial charge in [-0.1, -0.05) is 44.6 Å². The van der Waals surface area contributed by atoms with Crippen molar-refractivity contribution in [3.63, 3.8) is 0 Å². The molecule has 0 aliphatic heterocycles. The van der Waals surface area contributed by atoms with Crippen LogP contribution < -0.4 is 0 Å². The molecule has 0 bridgehead atoms. The Morgan fingerprint density at radius 1 is 1.03 bits per heavy atom. The molecular formula is C30H46O6. The molecule has 0 radical (unpaired) electrons. The van der Waals surface area contributed by atoms with Crippen LogP contribution >= 0.6 is 0 Å². The van der Waals surface area contributed by atoms with Crippen molar-refractivity contribution in [1.82, 2.24) is 0 Å². The third-order valence-corrected chi connectivity index (χ3v) is 11.1. The van der Waals surface area contributed by atoms with Crippen LogP contribution in [-0.4, -0.2) is 55.4 Å². The van der Waals surface area contributed by atoms with Gasteiger partial charge in [-0.25, -0.2) is 0 Å². The van der Waals surface area contributed by atoms with Gasteiger partial charge in [0, 0.05) is 23.2 Å². The van der Waals surface area contributed by atoms with Gasteiger partial charge >= 0.3 is 0 Å². The molecule has 202 valence electrons.